The first-order valence-electron chi connectivity index (χ1n) is 9.01. The molecule has 3 heterocycles. The Hall–Kier alpha value is -3.24. The number of hydrogen-bond acceptors (Lipinski definition) is 9. The number of benzene rings is 1. The molecule has 0 aliphatic heterocycles. The molecule has 152 valence electrons. The van der Waals surface area contributed by atoms with E-state index in [-0.39, 0.29) is 21.5 Å². The number of pyridine rings is 1. The van der Waals surface area contributed by atoms with E-state index in [1.54, 1.807) is 0 Å². The van der Waals surface area contributed by atoms with Crippen molar-refractivity contribution < 1.29 is 4.79 Å². The number of aryl methyl sites for hydroxylation is 2. The predicted molar refractivity (Wildman–Crippen MR) is 123 cm³/mol. The number of para-hydroxylation sites is 1. The lowest BCUT2D eigenvalue weighted by atomic mass is 10.1. The Morgan fingerprint density at radius 1 is 1.23 bits per heavy atom. The van der Waals surface area contributed by atoms with Crippen molar-refractivity contribution in [2.75, 3.05) is 11.3 Å². The summed E-state index contributed by atoms with van der Waals surface area (Å²) < 4.78 is 1.38. The largest absolute Gasteiger partial charge is 0.334 e. The molecule has 4 aromatic rings. The smallest absolute Gasteiger partial charge is 0.290 e. The number of hydrazone groups is 1. The van der Waals surface area contributed by atoms with Crippen LogP contribution in [0.1, 0.15) is 18.2 Å². The second kappa shape index (κ2) is 7.88. The molecule has 0 spiro atoms. The predicted octanol–water partition coefficient (Wildman–Crippen LogP) is 3.44. The van der Waals surface area contributed by atoms with Crippen molar-refractivity contribution in [1.29, 1.82) is 0 Å². The Kier molecular flexibility index (Phi) is 5.27. The summed E-state index contributed by atoms with van der Waals surface area (Å²) in [6.45, 7) is 5.26. The molecule has 8 nitrogen and oxygen atoms in total. The van der Waals surface area contributed by atoms with Gasteiger partial charge in [0.2, 0.25) is 0 Å². The van der Waals surface area contributed by atoms with Gasteiger partial charge in [0.1, 0.15) is 9.53 Å². The number of nitrogen functional groups attached to an aromatic ring is 1. The van der Waals surface area contributed by atoms with E-state index in [1.807, 2.05) is 50.2 Å². The molecule has 0 aliphatic rings. The van der Waals surface area contributed by atoms with Crippen LogP contribution in [0.3, 0.4) is 0 Å². The molecule has 1 aromatic carbocycles. The molecule has 0 amide bonds. The maximum Gasteiger partial charge on any atom is 0.290 e. The number of rotatable bonds is 4. The summed E-state index contributed by atoms with van der Waals surface area (Å²) in [6.07, 6.45) is 0. The number of nitrogens with zero attached hydrogens (tertiary/aromatic N) is 4. The van der Waals surface area contributed by atoms with Gasteiger partial charge in [-0.3, -0.25) is 15.0 Å². The van der Waals surface area contributed by atoms with Crippen LogP contribution in [0.25, 0.3) is 20.4 Å². The van der Waals surface area contributed by atoms with Gasteiger partial charge in [0, 0.05) is 18.0 Å². The average Bonchev–Trinajstić information content (AvgIpc) is 3.07. The number of thiophene rings is 1. The second-order valence-electron chi connectivity index (χ2n) is 6.66. The lowest BCUT2D eigenvalue weighted by Crippen LogP contribution is -2.30. The molecule has 3 N–H and O–H groups in total. The summed E-state index contributed by atoms with van der Waals surface area (Å²) in [6, 6.07) is 11.2. The van der Waals surface area contributed by atoms with Gasteiger partial charge < -0.3 is 5.84 Å². The van der Waals surface area contributed by atoms with Gasteiger partial charge in [-0.2, -0.15) is 5.10 Å². The van der Waals surface area contributed by atoms with Crippen LogP contribution in [-0.2, 0) is 4.79 Å². The Morgan fingerprint density at radius 3 is 2.67 bits per heavy atom. The van der Waals surface area contributed by atoms with Gasteiger partial charge in [-0.15, -0.1) is 11.3 Å². The lowest BCUT2D eigenvalue weighted by molar-refractivity contribution is -0.110. The number of fused-ring (bicyclic) bond motifs is 3. The van der Waals surface area contributed by atoms with Crippen LogP contribution in [0.2, 0.25) is 0 Å². The molecule has 0 atom stereocenters. The SMILES string of the molecule is CC(=O)/C(=N\Nc1ccccc1)Sc1nc2c(sc3nc(C)cc(C)c32)c(=O)n1N. The molecular formula is C20H18N6O2S2. The topological polar surface area (TPSA) is 115 Å². The molecule has 3 aromatic heterocycles. The summed E-state index contributed by atoms with van der Waals surface area (Å²) >= 11 is 2.21. The van der Waals surface area contributed by atoms with Gasteiger partial charge in [-0.25, -0.2) is 14.6 Å². The van der Waals surface area contributed by atoms with Crippen LogP contribution in [0, 0.1) is 13.8 Å². The number of thioether (sulfide) groups is 1. The van der Waals surface area contributed by atoms with Crippen molar-refractivity contribution in [2.45, 2.75) is 25.9 Å². The minimum Gasteiger partial charge on any atom is -0.334 e. The van der Waals surface area contributed by atoms with E-state index in [0.717, 1.165) is 43.6 Å². The van der Waals surface area contributed by atoms with Crippen molar-refractivity contribution in [2.24, 2.45) is 5.10 Å². The Labute approximate surface area is 179 Å². The minimum absolute atomic E-state index is 0.134. The van der Waals surface area contributed by atoms with E-state index >= 15 is 0 Å². The fraction of sp³-hybridized carbons (Fsp3) is 0.150. The van der Waals surface area contributed by atoms with Crippen LogP contribution in [-0.4, -0.2) is 25.5 Å². The molecule has 0 saturated heterocycles. The number of hydrogen-bond donors (Lipinski definition) is 2. The van der Waals surface area contributed by atoms with Crippen LogP contribution in [0.4, 0.5) is 5.69 Å². The van der Waals surface area contributed by atoms with E-state index in [1.165, 1.54) is 18.3 Å². The third-order valence-corrected chi connectivity index (χ3v) is 6.44. The molecule has 0 bridgehead atoms. The normalized spacial score (nSPS) is 11.9. The van der Waals surface area contributed by atoms with Crippen LogP contribution < -0.4 is 16.8 Å². The zero-order chi connectivity index (χ0) is 21.4. The third kappa shape index (κ3) is 3.66. The quantitative estimate of drug-likeness (QED) is 0.125. The fourth-order valence-corrected chi connectivity index (χ4v) is 4.88. The zero-order valence-electron chi connectivity index (χ0n) is 16.5. The minimum atomic E-state index is -0.388. The van der Waals surface area contributed by atoms with Crippen molar-refractivity contribution in [3.05, 3.63) is 58.0 Å². The Morgan fingerprint density at radius 2 is 1.97 bits per heavy atom. The van der Waals surface area contributed by atoms with Gasteiger partial charge in [0.25, 0.3) is 5.56 Å². The van der Waals surface area contributed by atoms with E-state index in [9.17, 15) is 9.59 Å². The average molecular weight is 439 g/mol. The Bertz CT molecular complexity index is 1380. The first-order chi connectivity index (χ1) is 14.3. The molecule has 4 rings (SSSR count). The highest BCUT2D eigenvalue weighted by molar-refractivity contribution is 8.15. The van der Waals surface area contributed by atoms with Crippen LogP contribution in [0.15, 0.2) is 51.5 Å². The molecule has 0 radical (unpaired) electrons. The molecule has 0 fully saturated rings. The molecular weight excluding hydrogens is 420 g/mol. The summed E-state index contributed by atoms with van der Waals surface area (Å²) in [7, 11) is 0. The van der Waals surface area contributed by atoms with Gasteiger partial charge in [-0.05, 0) is 49.4 Å². The van der Waals surface area contributed by atoms with E-state index in [4.69, 9.17) is 5.84 Å². The lowest BCUT2D eigenvalue weighted by Gasteiger charge is -2.08. The number of ketones is 1. The summed E-state index contributed by atoms with van der Waals surface area (Å²) in [4.78, 5) is 34.9. The van der Waals surface area contributed by atoms with Crippen LogP contribution >= 0.6 is 23.1 Å². The maximum atomic E-state index is 12.9. The number of nitrogens with two attached hydrogens (primary N) is 1. The van der Waals surface area contributed by atoms with Crippen molar-refractivity contribution in [1.82, 2.24) is 14.6 Å². The van der Waals surface area contributed by atoms with Crippen molar-refractivity contribution >= 4 is 60.0 Å². The standard InChI is InChI=1S/C20H18N6O2S2/c1-10-9-11(2)22-18-14(10)15-16(29-18)19(28)26(21)20(23-15)30-17(12(3)27)25-24-13-7-5-4-6-8-13/h4-9,24H,21H2,1-3H3/b25-17+. The van der Waals surface area contributed by atoms with Crippen molar-refractivity contribution in [3.8, 4) is 0 Å². The molecule has 0 aliphatic carbocycles. The second-order valence-corrected chi connectivity index (χ2v) is 8.62. The summed E-state index contributed by atoms with van der Waals surface area (Å²) in [5.74, 6) is 5.74. The number of carbonyl (C=O) groups excluding carboxylic acids is 1. The fourth-order valence-electron chi connectivity index (χ4n) is 2.98. The monoisotopic (exact) mass is 438 g/mol. The molecule has 10 heteroatoms. The van der Waals surface area contributed by atoms with Crippen molar-refractivity contribution in [3.63, 3.8) is 0 Å². The summed E-state index contributed by atoms with van der Waals surface area (Å²) in [5.41, 5.74) is 5.56. The summed E-state index contributed by atoms with van der Waals surface area (Å²) in [5, 5.41) is 5.31. The Balaban J connectivity index is 1.81. The highest BCUT2D eigenvalue weighted by Crippen LogP contribution is 2.33. The van der Waals surface area contributed by atoms with Gasteiger partial charge in [0.05, 0.1) is 11.2 Å². The first kappa shape index (κ1) is 20.0. The van der Waals surface area contributed by atoms with Gasteiger partial charge in [0.15, 0.2) is 16.0 Å². The number of Topliss-reactive ketones (excluding diaryl/α,β-unsaturated/α-hetero) is 1. The molecule has 0 saturated carbocycles. The highest BCUT2D eigenvalue weighted by Gasteiger charge is 2.20. The molecule has 30 heavy (non-hydrogen) atoms. The van der Waals surface area contributed by atoms with Gasteiger partial charge >= 0.3 is 0 Å². The van der Waals surface area contributed by atoms with E-state index < -0.39 is 0 Å². The molecule has 0 unspecified atom stereocenters. The zero-order valence-corrected chi connectivity index (χ0v) is 18.1. The number of anilines is 1. The number of carbonyl (C=O) groups is 1. The number of aromatic nitrogens is 3. The first-order valence-corrected chi connectivity index (χ1v) is 10.6. The number of nitrogens with one attached hydrogen (secondary N) is 1. The van der Waals surface area contributed by atoms with Crippen LogP contribution in [0.5, 0.6) is 0 Å². The highest BCUT2D eigenvalue weighted by atomic mass is 32.2. The van der Waals surface area contributed by atoms with E-state index in [2.05, 4.69) is 20.5 Å². The maximum absolute atomic E-state index is 12.9. The van der Waals surface area contributed by atoms with Gasteiger partial charge in [-0.1, -0.05) is 18.2 Å². The third-order valence-electron chi connectivity index (χ3n) is 4.34. The van der Waals surface area contributed by atoms with E-state index in [0.29, 0.717) is 10.2 Å².